The Morgan fingerprint density at radius 2 is 1.71 bits per heavy atom. The van der Waals surface area contributed by atoms with E-state index in [1.54, 1.807) is 0 Å². The Balaban J connectivity index is 0.00000169. The van der Waals surface area contributed by atoms with Crippen LogP contribution in [-0.4, -0.2) is 5.54 Å². The third-order valence-corrected chi connectivity index (χ3v) is 2.13. The lowest BCUT2D eigenvalue weighted by molar-refractivity contribution is 0.459. The van der Waals surface area contributed by atoms with Gasteiger partial charge in [-0.3, -0.25) is 0 Å². The fraction of sp³-hybridized carbons (Fsp3) is 0.500. The van der Waals surface area contributed by atoms with Gasteiger partial charge in [0.25, 0.3) is 0 Å². The van der Waals surface area contributed by atoms with Crippen LogP contribution >= 0.6 is 17.0 Å². The van der Waals surface area contributed by atoms with E-state index in [4.69, 9.17) is 5.73 Å². The average molecular weight is 258 g/mol. The first kappa shape index (κ1) is 13.7. The van der Waals surface area contributed by atoms with E-state index in [1.165, 1.54) is 12.0 Å². The molecule has 1 aromatic rings. The molecule has 1 nitrogen and oxygen atoms in total. The van der Waals surface area contributed by atoms with E-state index in [2.05, 4.69) is 44.2 Å². The van der Waals surface area contributed by atoms with Gasteiger partial charge in [0.2, 0.25) is 0 Å². The molecule has 0 aromatic heterocycles. The second-order valence-corrected chi connectivity index (χ2v) is 4.33. The minimum Gasteiger partial charge on any atom is -0.326 e. The highest BCUT2D eigenvalue weighted by Gasteiger charge is 2.09. The molecule has 14 heavy (non-hydrogen) atoms. The predicted octanol–water partition coefficient (Wildman–Crippen LogP) is 3.32. The Bertz CT molecular complexity index is 238. The summed E-state index contributed by atoms with van der Waals surface area (Å²) in [6, 6.07) is 10.6. The van der Waals surface area contributed by atoms with Crippen molar-refractivity contribution in [3.8, 4) is 0 Å². The first-order valence-corrected chi connectivity index (χ1v) is 4.91. The standard InChI is InChI=1S/C12H19N.BrH/c1-12(2,13)10-6-9-11-7-4-3-5-8-11;/h3-5,7-8H,6,9-10,13H2,1-2H3;1H. The maximum Gasteiger partial charge on any atom is 0.00971 e. The normalized spacial score (nSPS) is 10.8. The molecule has 0 saturated carbocycles. The molecule has 0 radical (unpaired) electrons. The molecular formula is C12H20BrN. The van der Waals surface area contributed by atoms with Gasteiger partial charge in [-0.15, -0.1) is 17.0 Å². The van der Waals surface area contributed by atoms with E-state index in [9.17, 15) is 0 Å². The van der Waals surface area contributed by atoms with Gasteiger partial charge in [-0.2, -0.15) is 0 Å². The van der Waals surface area contributed by atoms with Crippen molar-refractivity contribution in [1.29, 1.82) is 0 Å². The molecule has 0 unspecified atom stereocenters. The molecule has 0 aliphatic rings. The molecule has 0 spiro atoms. The highest BCUT2D eigenvalue weighted by atomic mass is 79.9. The molecule has 0 amide bonds. The summed E-state index contributed by atoms with van der Waals surface area (Å²) in [6.45, 7) is 4.16. The zero-order valence-corrected chi connectivity index (χ0v) is 10.7. The van der Waals surface area contributed by atoms with Gasteiger partial charge in [0.1, 0.15) is 0 Å². The van der Waals surface area contributed by atoms with Crippen LogP contribution < -0.4 is 5.73 Å². The number of rotatable bonds is 4. The third kappa shape index (κ3) is 6.17. The summed E-state index contributed by atoms with van der Waals surface area (Å²) in [5.74, 6) is 0. The zero-order valence-electron chi connectivity index (χ0n) is 8.99. The van der Waals surface area contributed by atoms with Crippen molar-refractivity contribution >= 4 is 17.0 Å². The average Bonchev–Trinajstić information content (AvgIpc) is 2.04. The van der Waals surface area contributed by atoms with E-state index in [0.717, 1.165) is 12.8 Å². The molecule has 0 saturated heterocycles. The molecule has 0 aliphatic heterocycles. The highest BCUT2D eigenvalue weighted by molar-refractivity contribution is 8.93. The summed E-state index contributed by atoms with van der Waals surface area (Å²) in [4.78, 5) is 0. The quantitative estimate of drug-likeness (QED) is 0.880. The maximum atomic E-state index is 5.90. The van der Waals surface area contributed by atoms with Crippen LogP contribution in [0.2, 0.25) is 0 Å². The predicted molar refractivity (Wildman–Crippen MR) is 68.0 cm³/mol. The Labute approximate surface area is 97.5 Å². The van der Waals surface area contributed by atoms with Crippen LogP contribution in [0.25, 0.3) is 0 Å². The first-order valence-electron chi connectivity index (χ1n) is 4.91. The fourth-order valence-corrected chi connectivity index (χ4v) is 1.39. The SMILES string of the molecule is Br.CC(C)(N)CCCc1ccccc1. The van der Waals surface area contributed by atoms with Gasteiger partial charge in [0.05, 0.1) is 0 Å². The molecular weight excluding hydrogens is 238 g/mol. The van der Waals surface area contributed by atoms with Gasteiger partial charge in [0.15, 0.2) is 0 Å². The molecule has 1 rings (SSSR count). The van der Waals surface area contributed by atoms with Crippen molar-refractivity contribution in [2.75, 3.05) is 0 Å². The van der Waals surface area contributed by atoms with Gasteiger partial charge in [0, 0.05) is 5.54 Å². The second-order valence-electron chi connectivity index (χ2n) is 4.33. The molecule has 0 bridgehead atoms. The van der Waals surface area contributed by atoms with Crippen molar-refractivity contribution in [2.24, 2.45) is 5.73 Å². The van der Waals surface area contributed by atoms with Crippen molar-refractivity contribution in [3.63, 3.8) is 0 Å². The van der Waals surface area contributed by atoms with Crippen LogP contribution in [0.5, 0.6) is 0 Å². The number of halogens is 1. The Kier molecular flexibility index (Phi) is 6.05. The zero-order chi connectivity index (χ0) is 9.73. The van der Waals surface area contributed by atoms with Crippen LogP contribution in [0.15, 0.2) is 30.3 Å². The number of hydrogen-bond acceptors (Lipinski definition) is 1. The van der Waals surface area contributed by atoms with Crippen molar-refractivity contribution in [3.05, 3.63) is 35.9 Å². The van der Waals surface area contributed by atoms with Crippen LogP contribution in [0.1, 0.15) is 32.3 Å². The van der Waals surface area contributed by atoms with Crippen molar-refractivity contribution in [2.45, 2.75) is 38.6 Å². The number of nitrogens with two attached hydrogens (primary N) is 1. The smallest absolute Gasteiger partial charge is 0.00971 e. The van der Waals surface area contributed by atoms with Crippen LogP contribution in [0.3, 0.4) is 0 Å². The minimum atomic E-state index is -0.0191. The van der Waals surface area contributed by atoms with E-state index in [1.807, 2.05) is 0 Å². The van der Waals surface area contributed by atoms with E-state index >= 15 is 0 Å². The molecule has 2 heteroatoms. The number of benzene rings is 1. The van der Waals surface area contributed by atoms with Gasteiger partial charge >= 0.3 is 0 Å². The van der Waals surface area contributed by atoms with E-state index in [-0.39, 0.29) is 22.5 Å². The molecule has 0 heterocycles. The Morgan fingerprint density at radius 1 is 1.14 bits per heavy atom. The Morgan fingerprint density at radius 3 is 2.21 bits per heavy atom. The highest BCUT2D eigenvalue weighted by Crippen LogP contribution is 2.11. The monoisotopic (exact) mass is 257 g/mol. The summed E-state index contributed by atoms with van der Waals surface area (Å²) >= 11 is 0. The van der Waals surface area contributed by atoms with Gasteiger partial charge < -0.3 is 5.73 Å². The Hall–Kier alpha value is -0.340. The van der Waals surface area contributed by atoms with Gasteiger partial charge in [-0.1, -0.05) is 30.3 Å². The summed E-state index contributed by atoms with van der Waals surface area (Å²) < 4.78 is 0. The molecule has 1 aromatic carbocycles. The van der Waals surface area contributed by atoms with E-state index < -0.39 is 0 Å². The minimum absolute atomic E-state index is 0. The molecule has 0 fully saturated rings. The number of hydrogen-bond donors (Lipinski definition) is 1. The summed E-state index contributed by atoms with van der Waals surface area (Å²) in [6.07, 6.45) is 3.40. The largest absolute Gasteiger partial charge is 0.326 e. The van der Waals surface area contributed by atoms with Crippen LogP contribution in [-0.2, 0) is 6.42 Å². The van der Waals surface area contributed by atoms with Crippen LogP contribution in [0, 0.1) is 0 Å². The fourth-order valence-electron chi connectivity index (χ4n) is 1.39. The maximum absolute atomic E-state index is 5.90. The number of aryl methyl sites for hydroxylation is 1. The molecule has 80 valence electrons. The van der Waals surface area contributed by atoms with Crippen molar-refractivity contribution < 1.29 is 0 Å². The van der Waals surface area contributed by atoms with Crippen molar-refractivity contribution in [1.82, 2.24) is 0 Å². The topological polar surface area (TPSA) is 26.0 Å². The summed E-state index contributed by atoms with van der Waals surface area (Å²) in [5, 5.41) is 0. The molecule has 0 aliphatic carbocycles. The summed E-state index contributed by atoms with van der Waals surface area (Å²) in [7, 11) is 0. The van der Waals surface area contributed by atoms with E-state index in [0.29, 0.717) is 0 Å². The van der Waals surface area contributed by atoms with Crippen LogP contribution in [0.4, 0.5) is 0 Å². The lowest BCUT2D eigenvalue weighted by Crippen LogP contribution is -2.31. The molecule has 2 N–H and O–H groups in total. The third-order valence-electron chi connectivity index (χ3n) is 2.13. The summed E-state index contributed by atoms with van der Waals surface area (Å²) in [5.41, 5.74) is 7.29. The molecule has 0 atom stereocenters. The lowest BCUT2D eigenvalue weighted by atomic mass is 9.97. The second kappa shape index (κ2) is 6.20. The van der Waals surface area contributed by atoms with Gasteiger partial charge in [-0.05, 0) is 38.7 Å². The first-order chi connectivity index (χ1) is 6.08. The van der Waals surface area contributed by atoms with Gasteiger partial charge in [-0.25, -0.2) is 0 Å². The lowest BCUT2D eigenvalue weighted by Gasteiger charge is -2.17.